The summed E-state index contributed by atoms with van der Waals surface area (Å²) in [6, 6.07) is 8.42. The van der Waals surface area contributed by atoms with Crippen LogP contribution < -0.4 is 10.6 Å². The molecule has 0 radical (unpaired) electrons. The average molecular weight is 441 g/mol. The molecule has 148 valence electrons. The highest BCUT2D eigenvalue weighted by atomic mass is 79.9. The quantitative estimate of drug-likeness (QED) is 0.432. The number of aliphatic carboxylic acids is 1. The van der Waals surface area contributed by atoms with Gasteiger partial charge in [-0.1, -0.05) is 59.3 Å². The summed E-state index contributed by atoms with van der Waals surface area (Å²) >= 11 is 3.10. The molecule has 0 saturated heterocycles. The lowest BCUT2D eigenvalue weighted by molar-refractivity contribution is -0.141. The molecule has 0 bridgehead atoms. The van der Waals surface area contributed by atoms with Gasteiger partial charge in [0.05, 0.1) is 0 Å². The number of hydrogen-bond acceptors (Lipinski definition) is 4. The molecule has 1 rings (SSSR count). The summed E-state index contributed by atoms with van der Waals surface area (Å²) in [6.45, 7) is 4.26. The topological polar surface area (TPSA) is 105 Å². The van der Waals surface area contributed by atoms with Crippen molar-refractivity contribution in [3.8, 4) is 0 Å². The third-order valence-corrected chi connectivity index (χ3v) is 3.95. The van der Waals surface area contributed by atoms with Crippen molar-refractivity contribution in [2.75, 3.05) is 6.54 Å². The number of nitrogens with one attached hydrogen (secondary N) is 2. The first-order valence-corrected chi connectivity index (χ1v) is 9.47. The zero-order chi connectivity index (χ0) is 20.1. The van der Waals surface area contributed by atoms with E-state index in [2.05, 4.69) is 33.1 Å². The second-order valence-electron chi connectivity index (χ2n) is 5.98. The smallest absolute Gasteiger partial charge is 0.407 e. The van der Waals surface area contributed by atoms with Crippen LogP contribution in [0.5, 0.6) is 0 Å². The summed E-state index contributed by atoms with van der Waals surface area (Å²) in [6.07, 6.45) is 1.93. The molecule has 0 aliphatic carbocycles. The number of carbonyl (C=O) groups excluding carboxylic acids is 2. The van der Waals surface area contributed by atoms with Crippen LogP contribution in [0.2, 0.25) is 0 Å². The molecule has 0 fully saturated rings. The van der Waals surface area contributed by atoms with Crippen molar-refractivity contribution in [2.45, 2.75) is 44.8 Å². The molecule has 1 atom stereocenters. The maximum atomic E-state index is 11.8. The Morgan fingerprint density at radius 3 is 2.48 bits per heavy atom. The summed E-state index contributed by atoms with van der Waals surface area (Å²) in [5.74, 6) is -1.41. The number of carboxylic acid groups (broad SMARTS) is 1. The van der Waals surface area contributed by atoms with E-state index in [1.165, 1.54) is 0 Å². The Balaban J connectivity index is 2.08. The van der Waals surface area contributed by atoms with Crippen LogP contribution in [0.25, 0.3) is 0 Å². The van der Waals surface area contributed by atoms with Crippen molar-refractivity contribution in [3.05, 3.63) is 47.0 Å². The molecule has 3 N–H and O–H groups in total. The minimum atomic E-state index is -1.10. The van der Waals surface area contributed by atoms with Gasteiger partial charge in [0.25, 0.3) is 0 Å². The Bertz CT molecular complexity index is 636. The first kappa shape index (κ1) is 22.7. The fraction of sp³-hybridized carbons (Fsp3) is 0.421. The van der Waals surface area contributed by atoms with Crippen molar-refractivity contribution >= 4 is 33.9 Å². The SMILES string of the molecule is C=C(Br)C[C@H](NC(=O)CCCCCNC(=O)OCc1ccccc1)C(=O)O. The summed E-state index contributed by atoms with van der Waals surface area (Å²) in [5, 5.41) is 14.2. The lowest BCUT2D eigenvalue weighted by Crippen LogP contribution is -2.40. The number of carboxylic acids is 1. The summed E-state index contributed by atoms with van der Waals surface area (Å²) < 4.78 is 5.60. The van der Waals surface area contributed by atoms with E-state index in [9.17, 15) is 14.4 Å². The van der Waals surface area contributed by atoms with E-state index in [4.69, 9.17) is 9.84 Å². The molecule has 8 heteroatoms. The molecular weight excluding hydrogens is 416 g/mol. The van der Waals surface area contributed by atoms with Gasteiger partial charge in [-0.05, 0) is 22.9 Å². The molecule has 0 saturated carbocycles. The Labute approximate surface area is 167 Å². The molecular formula is C19H25BrN2O5. The van der Waals surface area contributed by atoms with Crippen molar-refractivity contribution in [3.63, 3.8) is 0 Å². The Morgan fingerprint density at radius 1 is 1.15 bits per heavy atom. The molecule has 0 unspecified atom stereocenters. The highest BCUT2D eigenvalue weighted by Gasteiger charge is 2.19. The monoisotopic (exact) mass is 440 g/mol. The van der Waals surface area contributed by atoms with Gasteiger partial charge in [-0.15, -0.1) is 0 Å². The maximum Gasteiger partial charge on any atom is 0.407 e. The standard InChI is InChI=1S/C19H25BrN2O5/c1-14(20)12-16(18(24)25)22-17(23)10-6-3-7-11-21-19(26)27-13-15-8-4-2-5-9-15/h2,4-5,8-9,16H,1,3,6-7,10-13H2,(H,21,26)(H,22,23)(H,24,25)/t16-/m0/s1. The number of halogens is 1. The first-order chi connectivity index (χ1) is 12.9. The van der Waals surface area contributed by atoms with Crippen LogP contribution in [-0.2, 0) is 20.9 Å². The number of ether oxygens (including phenoxy) is 1. The van der Waals surface area contributed by atoms with Crippen molar-refractivity contribution in [1.29, 1.82) is 0 Å². The predicted octanol–water partition coefficient (Wildman–Crippen LogP) is 3.34. The molecule has 1 aromatic carbocycles. The summed E-state index contributed by atoms with van der Waals surface area (Å²) in [4.78, 5) is 34.4. The van der Waals surface area contributed by atoms with Crippen LogP contribution in [0.1, 0.15) is 37.7 Å². The van der Waals surface area contributed by atoms with E-state index in [1.54, 1.807) is 0 Å². The molecule has 0 heterocycles. The van der Waals surface area contributed by atoms with Crippen LogP contribution >= 0.6 is 15.9 Å². The molecule has 0 aromatic heterocycles. The van der Waals surface area contributed by atoms with Gasteiger partial charge in [0.1, 0.15) is 12.6 Å². The third-order valence-electron chi connectivity index (χ3n) is 3.62. The first-order valence-electron chi connectivity index (χ1n) is 8.68. The minimum absolute atomic E-state index is 0.135. The number of rotatable bonds is 12. The Kier molecular flexibility index (Phi) is 10.9. The van der Waals surface area contributed by atoms with Crippen LogP contribution in [-0.4, -0.2) is 35.7 Å². The van der Waals surface area contributed by atoms with Gasteiger partial charge in [0, 0.05) is 19.4 Å². The van der Waals surface area contributed by atoms with E-state index in [1.807, 2.05) is 30.3 Å². The largest absolute Gasteiger partial charge is 0.480 e. The van der Waals surface area contributed by atoms with Gasteiger partial charge in [0.2, 0.25) is 5.91 Å². The Morgan fingerprint density at radius 2 is 1.85 bits per heavy atom. The van der Waals surface area contributed by atoms with E-state index in [-0.39, 0.29) is 25.4 Å². The number of amides is 2. The van der Waals surface area contributed by atoms with E-state index < -0.39 is 18.1 Å². The lowest BCUT2D eigenvalue weighted by Gasteiger charge is -2.13. The number of hydrogen-bond donors (Lipinski definition) is 3. The Hall–Kier alpha value is -2.35. The molecule has 0 aliphatic heterocycles. The van der Waals surface area contributed by atoms with Gasteiger partial charge in [-0.25, -0.2) is 9.59 Å². The normalized spacial score (nSPS) is 11.3. The van der Waals surface area contributed by atoms with Gasteiger partial charge in [-0.2, -0.15) is 0 Å². The van der Waals surface area contributed by atoms with E-state index >= 15 is 0 Å². The highest BCUT2D eigenvalue weighted by Crippen LogP contribution is 2.10. The fourth-order valence-corrected chi connectivity index (χ4v) is 2.56. The molecule has 27 heavy (non-hydrogen) atoms. The number of carbonyl (C=O) groups is 3. The maximum absolute atomic E-state index is 11.8. The highest BCUT2D eigenvalue weighted by molar-refractivity contribution is 9.11. The van der Waals surface area contributed by atoms with E-state index in [0.29, 0.717) is 23.9 Å². The van der Waals surface area contributed by atoms with Crippen molar-refractivity contribution < 1.29 is 24.2 Å². The number of unbranched alkanes of at least 4 members (excludes halogenated alkanes) is 2. The summed E-state index contributed by atoms with van der Waals surface area (Å²) in [5.41, 5.74) is 0.918. The molecule has 7 nitrogen and oxygen atoms in total. The zero-order valence-electron chi connectivity index (χ0n) is 15.1. The van der Waals surface area contributed by atoms with Gasteiger partial charge < -0.3 is 20.5 Å². The molecule has 1 aromatic rings. The van der Waals surface area contributed by atoms with Crippen molar-refractivity contribution in [2.24, 2.45) is 0 Å². The number of benzene rings is 1. The molecule has 2 amide bonds. The summed E-state index contributed by atoms with van der Waals surface area (Å²) in [7, 11) is 0. The van der Waals surface area contributed by atoms with Gasteiger partial charge >= 0.3 is 12.1 Å². The second kappa shape index (κ2) is 12.9. The molecule has 0 spiro atoms. The van der Waals surface area contributed by atoms with Gasteiger partial charge in [-0.3, -0.25) is 4.79 Å². The number of alkyl carbamates (subject to hydrolysis) is 1. The lowest BCUT2D eigenvalue weighted by atomic mass is 10.1. The van der Waals surface area contributed by atoms with Crippen LogP contribution in [0.3, 0.4) is 0 Å². The molecule has 0 aliphatic rings. The van der Waals surface area contributed by atoms with Crippen molar-refractivity contribution in [1.82, 2.24) is 10.6 Å². The third kappa shape index (κ3) is 11.1. The second-order valence-corrected chi connectivity index (χ2v) is 7.10. The van der Waals surface area contributed by atoms with Crippen LogP contribution in [0.4, 0.5) is 4.79 Å². The van der Waals surface area contributed by atoms with E-state index in [0.717, 1.165) is 12.0 Å². The van der Waals surface area contributed by atoms with Crippen LogP contribution in [0, 0.1) is 0 Å². The van der Waals surface area contributed by atoms with Gasteiger partial charge in [0.15, 0.2) is 0 Å². The zero-order valence-corrected chi connectivity index (χ0v) is 16.7. The minimum Gasteiger partial charge on any atom is -0.480 e. The fourth-order valence-electron chi connectivity index (χ4n) is 2.24. The van der Waals surface area contributed by atoms with Crippen LogP contribution in [0.15, 0.2) is 41.4 Å². The average Bonchev–Trinajstić information content (AvgIpc) is 2.62. The predicted molar refractivity (Wildman–Crippen MR) is 105 cm³/mol.